The number of aromatic nitrogens is 1. The zero-order chi connectivity index (χ0) is 18.6. The number of aliphatic imine (C=N–C) groups is 1. The molecule has 134 valence electrons. The number of hydrogen-bond donors (Lipinski definition) is 1. The summed E-state index contributed by atoms with van der Waals surface area (Å²) in [6.45, 7) is 7.56. The van der Waals surface area contributed by atoms with Crippen molar-refractivity contribution in [2.75, 3.05) is 0 Å². The van der Waals surface area contributed by atoms with Crippen LogP contribution in [0.1, 0.15) is 56.5 Å². The Morgan fingerprint density at radius 2 is 2.12 bits per heavy atom. The zero-order valence-electron chi connectivity index (χ0n) is 15.5. The summed E-state index contributed by atoms with van der Waals surface area (Å²) in [6, 6.07) is 2.06. The number of rotatable bonds is 8. The predicted molar refractivity (Wildman–Crippen MR) is 102 cm³/mol. The molecule has 25 heavy (non-hydrogen) atoms. The minimum atomic E-state index is -1.11. The molecule has 0 saturated carbocycles. The van der Waals surface area contributed by atoms with E-state index in [0.29, 0.717) is 6.42 Å². The summed E-state index contributed by atoms with van der Waals surface area (Å²) in [5.41, 5.74) is 5.45. The van der Waals surface area contributed by atoms with Gasteiger partial charge in [0.15, 0.2) is 0 Å². The Morgan fingerprint density at radius 3 is 2.72 bits per heavy atom. The van der Waals surface area contributed by atoms with Crippen LogP contribution in [0.15, 0.2) is 28.4 Å². The van der Waals surface area contributed by atoms with Crippen LogP contribution >= 0.6 is 0 Å². The van der Waals surface area contributed by atoms with E-state index in [0.717, 1.165) is 53.2 Å². The smallest absolute Gasteiger partial charge is 0.462 e. The minimum absolute atomic E-state index is 0.0641. The van der Waals surface area contributed by atoms with Crippen LogP contribution in [0.3, 0.4) is 0 Å². The molecule has 6 heteroatoms. The number of nitrogens with zero attached hydrogens (tertiary/aromatic N) is 2. The van der Waals surface area contributed by atoms with E-state index >= 15 is 0 Å². The Labute approximate surface area is 149 Å². The molecular weight excluding hydrogens is 318 g/mol. The summed E-state index contributed by atoms with van der Waals surface area (Å²) in [7, 11) is -1.11. The van der Waals surface area contributed by atoms with Crippen molar-refractivity contribution in [1.29, 1.82) is 0 Å². The summed E-state index contributed by atoms with van der Waals surface area (Å²) < 4.78 is 15.9. The zero-order valence-corrected chi connectivity index (χ0v) is 15.5. The summed E-state index contributed by atoms with van der Waals surface area (Å²) in [4.78, 5) is 15.3. The second kappa shape index (κ2) is 8.32. The third-order valence-corrected chi connectivity index (χ3v) is 4.43. The molecule has 1 aromatic rings. The standard InChI is InChI=1S/C19H26BFN2O2/c1-5-6-7-15-11-14(3)23(20(4)21)18(15)12-17-13(2)10-16(22-17)8-9-19(24)25/h10-12H,5-9H2,1-4H3,(H,24,25)/b17-12-. The lowest BCUT2D eigenvalue weighted by atomic mass is 9.90. The number of hydrogen-bond acceptors (Lipinski definition) is 2. The fraction of sp³-hybridized carbons (Fsp3) is 0.474. The van der Waals surface area contributed by atoms with Gasteiger partial charge in [-0.05, 0) is 62.9 Å². The van der Waals surface area contributed by atoms with Crippen LogP contribution in [0.5, 0.6) is 0 Å². The summed E-state index contributed by atoms with van der Waals surface area (Å²) in [6.07, 6.45) is 7.38. The van der Waals surface area contributed by atoms with Crippen molar-refractivity contribution >= 4 is 24.9 Å². The first-order valence-electron chi connectivity index (χ1n) is 8.88. The molecule has 0 aliphatic carbocycles. The first-order valence-corrected chi connectivity index (χ1v) is 8.88. The molecule has 0 fully saturated rings. The molecule has 1 aromatic heterocycles. The SMILES string of the molecule is CCCCc1cc(C)n(B(C)F)c1/C=C1\N=C(CCC(=O)O)C=C1C. The van der Waals surface area contributed by atoms with Crippen molar-refractivity contribution in [2.45, 2.75) is 59.7 Å². The van der Waals surface area contributed by atoms with Gasteiger partial charge in [0.05, 0.1) is 12.1 Å². The number of carboxylic acid groups (broad SMARTS) is 1. The third kappa shape index (κ3) is 4.71. The van der Waals surface area contributed by atoms with Gasteiger partial charge in [0.25, 0.3) is 0 Å². The summed E-state index contributed by atoms with van der Waals surface area (Å²) in [5.74, 6) is -0.830. The number of carbonyl (C=O) groups is 1. The molecule has 0 aromatic carbocycles. The number of halogens is 1. The van der Waals surface area contributed by atoms with Crippen molar-refractivity contribution in [2.24, 2.45) is 4.99 Å². The molecule has 0 saturated heterocycles. The lowest BCUT2D eigenvalue weighted by Gasteiger charge is -2.10. The fourth-order valence-corrected chi connectivity index (χ4v) is 3.18. The predicted octanol–water partition coefficient (Wildman–Crippen LogP) is 4.68. The summed E-state index contributed by atoms with van der Waals surface area (Å²) >= 11 is 0. The fourth-order valence-electron chi connectivity index (χ4n) is 3.18. The monoisotopic (exact) mass is 344 g/mol. The average molecular weight is 344 g/mol. The maximum absolute atomic E-state index is 14.2. The topological polar surface area (TPSA) is 54.6 Å². The van der Waals surface area contributed by atoms with Gasteiger partial charge in [-0.1, -0.05) is 13.3 Å². The Bertz CT molecular complexity index is 745. The molecule has 0 bridgehead atoms. The highest BCUT2D eigenvalue weighted by molar-refractivity contribution is 6.48. The van der Waals surface area contributed by atoms with Crippen LogP contribution in [-0.4, -0.2) is 28.4 Å². The quantitative estimate of drug-likeness (QED) is 0.696. The molecule has 1 N–H and O–H groups in total. The number of aliphatic carboxylic acids is 1. The van der Waals surface area contributed by atoms with Gasteiger partial charge in [0.2, 0.25) is 0 Å². The molecule has 0 radical (unpaired) electrons. The van der Waals surface area contributed by atoms with E-state index in [4.69, 9.17) is 5.11 Å². The third-order valence-electron chi connectivity index (χ3n) is 4.43. The average Bonchev–Trinajstić information content (AvgIpc) is 3.03. The molecule has 0 spiro atoms. The Morgan fingerprint density at radius 1 is 1.40 bits per heavy atom. The van der Waals surface area contributed by atoms with E-state index in [1.165, 1.54) is 6.82 Å². The Balaban J connectivity index is 2.38. The molecular formula is C19H26BFN2O2. The van der Waals surface area contributed by atoms with Crippen molar-refractivity contribution in [3.8, 4) is 0 Å². The van der Waals surface area contributed by atoms with Crippen LogP contribution in [-0.2, 0) is 11.2 Å². The van der Waals surface area contributed by atoms with Crippen molar-refractivity contribution in [3.05, 3.63) is 40.4 Å². The molecule has 0 amide bonds. The molecule has 1 aliphatic heterocycles. The summed E-state index contributed by atoms with van der Waals surface area (Å²) in [5, 5.41) is 8.82. The maximum atomic E-state index is 14.2. The van der Waals surface area contributed by atoms with Crippen LogP contribution in [0.2, 0.25) is 6.82 Å². The second-order valence-corrected chi connectivity index (χ2v) is 6.60. The van der Waals surface area contributed by atoms with E-state index in [-0.39, 0.29) is 6.42 Å². The lowest BCUT2D eigenvalue weighted by molar-refractivity contribution is -0.136. The van der Waals surface area contributed by atoms with E-state index in [9.17, 15) is 9.11 Å². The molecule has 0 atom stereocenters. The first kappa shape index (κ1) is 19.2. The van der Waals surface area contributed by atoms with Gasteiger partial charge in [-0.15, -0.1) is 0 Å². The highest BCUT2D eigenvalue weighted by Crippen LogP contribution is 2.27. The van der Waals surface area contributed by atoms with Gasteiger partial charge in [-0.2, -0.15) is 0 Å². The van der Waals surface area contributed by atoms with Crippen LogP contribution < -0.4 is 0 Å². The Kier molecular flexibility index (Phi) is 6.40. The first-order chi connectivity index (χ1) is 11.8. The van der Waals surface area contributed by atoms with Gasteiger partial charge in [0, 0.05) is 23.5 Å². The normalized spacial score (nSPS) is 15.5. The highest BCUT2D eigenvalue weighted by atomic mass is 19.1. The maximum Gasteiger partial charge on any atom is 0.462 e. The van der Waals surface area contributed by atoms with Crippen molar-refractivity contribution in [1.82, 2.24) is 4.48 Å². The number of unbranched alkanes of at least 4 members (excludes halogenated alkanes) is 1. The van der Waals surface area contributed by atoms with Gasteiger partial charge >= 0.3 is 13.1 Å². The van der Waals surface area contributed by atoms with Crippen LogP contribution in [0, 0.1) is 6.92 Å². The van der Waals surface area contributed by atoms with E-state index < -0.39 is 13.1 Å². The van der Waals surface area contributed by atoms with E-state index in [1.54, 1.807) is 4.48 Å². The number of allylic oxidation sites excluding steroid dienone is 2. The molecule has 4 nitrogen and oxygen atoms in total. The highest BCUT2D eigenvalue weighted by Gasteiger charge is 2.20. The molecule has 0 unspecified atom stereocenters. The van der Waals surface area contributed by atoms with Gasteiger partial charge in [-0.25, -0.2) is 0 Å². The second-order valence-electron chi connectivity index (χ2n) is 6.60. The van der Waals surface area contributed by atoms with E-state index in [2.05, 4.69) is 18.0 Å². The largest absolute Gasteiger partial charge is 0.481 e. The van der Waals surface area contributed by atoms with Crippen molar-refractivity contribution < 1.29 is 14.2 Å². The van der Waals surface area contributed by atoms with Crippen LogP contribution in [0.25, 0.3) is 6.08 Å². The van der Waals surface area contributed by atoms with Crippen molar-refractivity contribution in [3.63, 3.8) is 0 Å². The minimum Gasteiger partial charge on any atom is -0.481 e. The van der Waals surface area contributed by atoms with Gasteiger partial charge < -0.3 is 13.9 Å². The van der Waals surface area contributed by atoms with Gasteiger partial charge in [-0.3, -0.25) is 9.79 Å². The number of aryl methyl sites for hydroxylation is 2. The van der Waals surface area contributed by atoms with Gasteiger partial charge in [0.1, 0.15) is 0 Å². The Hall–Kier alpha value is -2.11. The number of carboxylic acids is 1. The lowest BCUT2D eigenvalue weighted by Crippen LogP contribution is -2.17. The molecule has 2 heterocycles. The van der Waals surface area contributed by atoms with E-state index in [1.807, 2.05) is 26.0 Å². The molecule has 1 aliphatic rings. The molecule has 2 rings (SSSR count). The van der Waals surface area contributed by atoms with Crippen LogP contribution in [0.4, 0.5) is 4.32 Å².